The first kappa shape index (κ1) is 14.8. The van der Waals surface area contributed by atoms with Crippen molar-refractivity contribution in [3.63, 3.8) is 0 Å². The molecule has 3 nitrogen and oxygen atoms in total. The van der Waals surface area contributed by atoms with Gasteiger partial charge in [0, 0.05) is 36.2 Å². The van der Waals surface area contributed by atoms with Crippen LogP contribution in [-0.2, 0) is 13.0 Å². The summed E-state index contributed by atoms with van der Waals surface area (Å²) in [6.45, 7) is 4.57. The van der Waals surface area contributed by atoms with Crippen LogP contribution in [0.1, 0.15) is 18.1 Å². The predicted molar refractivity (Wildman–Crippen MR) is 85.2 cm³/mol. The molecule has 20 heavy (non-hydrogen) atoms. The van der Waals surface area contributed by atoms with E-state index in [1.54, 1.807) is 0 Å². The maximum absolute atomic E-state index is 6.09. The third-order valence-corrected chi connectivity index (χ3v) is 3.54. The number of nitrogens with two attached hydrogens (primary N) is 1. The lowest BCUT2D eigenvalue weighted by atomic mass is 10.1. The summed E-state index contributed by atoms with van der Waals surface area (Å²) in [4.78, 5) is 6.39. The van der Waals surface area contributed by atoms with Gasteiger partial charge in [0.15, 0.2) is 0 Å². The molecule has 2 N–H and O–H groups in total. The van der Waals surface area contributed by atoms with Gasteiger partial charge in [0.1, 0.15) is 0 Å². The lowest BCUT2D eigenvalue weighted by Gasteiger charge is -2.26. The zero-order valence-corrected chi connectivity index (χ0v) is 12.5. The normalized spacial score (nSPS) is 10.6. The quantitative estimate of drug-likeness (QED) is 0.887. The smallest absolute Gasteiger partial charge is 0.0430 e. The van der Waals surface area contributed by atoms with E-state index in [4.69, 9.17) is 17.3 Å². The van der Waals surface area contributed by atoms with Gasteiger partial charge < -0.3 is 10.6 Å². The van der Waals surface area contributed by atoms with Crippen molar-refractivity contribution >= 4 is 17.3 Å². The zero-order chi connectivity index (χ0) is 14.4. The standard InChI is InChI=1S/C16H20ClN3/c1-2-20(12-13-6-9-19-10-7-13)16-4-3-15(17)11-14(16)5-8-18/h3-4,6-7,9-11H,2,5,8,12,18H2,1H3. The number of rotatable bonds is 6. The molecule has 0 aliphatic rings. The Morgan fingerprint density at radius 2 is 1.95 bits per heavy atom. The molecule has 106 valence electrons. The fourth-order valence-corrected chi connectivity index (χ4v) is 2.49. The molecule has 1 aromatic heterocycles. The van der Waals surface area contributed by atoms with Crippen LogP contribution in [0.4, 0.5) is 5.69 Å². The summed E-state index contributed by atoms with van der Waals surface area (Å²) in [6.07, 6.45) is 4.49. The number of pyridine rings is 1. The molecule has 0 saturated heterocycles. The topological polar surface area (TPSA) is 42.2 Å². The highest BCUT2D eigenvalue weighted by Gasteiger charge is 2.10. The van der Waals surface area contributed by atoms with Crippen LogP contribution >= 0.6 is 11.6 Å². The lowest BCUT2D eigenvalue weighted by Crippen LogP contribution is -2.23. The van der Waals surface area contributed by atoms with Crippen LogP contribution < -0.4 is 10.6 Å². The zero-order valence-electron chi connectivity index (χ0n) is 11.7. The van der Waals surface area contributed by atoms with Gasteiger partial charge in [0.25, 0.3) is 0 Å². The third kappa shape index (κ3) is 3.71. The molecule has 1 heterocycles. The molecule has 0 aliphatic heterocycles. The molecule has 0 unspecified atom stereocenters. The van der Waals surface area contributed by atoms with Gasteiger partial charge in [-0.3, -0.25) is 4.98 Å². The van der Waals surface area contributed by atoms with E-state index in [-0.39, 0.29) is 0 Å². The van der Waals surface area contributed by atoms with Crippen molar-refractivity contribution in [1.82, 2.24) is 4.98 Å². The molecule has 4 heteroatoms. The molecular formula is C16H20ClN3. The minimum absolute atomic E-state index is 0.625. The molecule has 0 amide bonds. The summed E-state index contributed by atoms with van der Waals surface area (Å²) < 4.78 is 0. The van der Waals surface area contributed by atoms with Crippen LogP contribution in [0.3, 0.4) is 0 Å². The van der Waals surface area contributed by atoms with E-state index in [1.807, 2.05) is 36.7 Å². The number of aromatic nitrogens is 1. The van der Waals surface area contributed by atoms with Gasteiger partial charge in [-0.05, 0) is 61.3 Å². The first-order chi connectivity index (χ1) is 9.74. The van der Waals surface area contributed by atoms with Crippen LogP contribution in [0.2, 0.25) is 5.02 Å². The van der Waals surface area contributed by atoms with Crippen molar-refractivity contribution in [3.8, 4) is 0 Å². The average molecular weight is 290 g/mol. The number of hydrogen-bond acceptors (Lipinski definition) is 3. The van der Waals surface area contributed by atoms with Crippen molar-refractivity contribution in [2.45, 2.75) is 19.9 Å². The number of halogens is 1. The predicted octanol–water partition coefficient (Wildman–Crippen LogP) is 3.26. The molecule has 0 aliphatic carbocycles. The summed E-state index contributed by atoms with van der Waals surface area (Å²) in [5, 5.41) is 0.761. The Bertz CT molecular complexity index is 543. The SMILES string of the molecule is CCN(Cc1ccncc1)c1ccc(Cl)cc1CCN. The Labute approximate surface area is 125 Å². The Morgan fingerprint density at radius 3 is 2.60 bits per heavy atom. The summed E-state index contributed by atoms with van der Waals surface area (Å²) >= 11 is 6.09. The van der Waals surface area contributed by atoms with Crippen molar-refractivity contribution in [3.05, 3.63) is 58.9 Å². The Hall–Kier alpha value is -1.58. The summed E-state index contributed by atoms with van der Waals surface area (Å²) in [5.41, 5.74) is 9.36. The van der Waals surface area contributed by atoms with Crippen molar-refractivity contribution < 1.29 is 0 Å². The molecule has 0 fully saturated rings. The molecule has 1 aromatic carbocycles. The summed E-state index contributed by atoms with van der Waals surface area (Å²) in [7, 11) is 0. The molecule has 2 aromatic rings. The highest BCUT2D eigenvalue weighted by molar-refractivity contribution is 6.30. The van der Waals surface area contributed by atoms with Gasteiger partial charge in [0.2, 0.25) is 0 Å². The summed E-state index contributed by atoms with van der Waals surface area (Å²) in [6, 6.07) is 10.1. The van der Waals surface area contributed by atoms with Crippen molar-refractivity contribution in [1.29, 1.82) is 0 Å². The van der Waals surface area contributed by atoms with Crippen LogP contribution in [0.15, 0.2) is 42.7 Å². The van der Waals surface area contributed by atoms with E-state index in [0.717, 1.165) is 24.5 Å². The van der Waals surface area contributed by atoms with Gasteiger partial charge in [-0.25, -0.2) is 0 Å². The minimum atomic E-state index is 0.625. The number of benzene rings is 1. The third-order valence-electron chi connectivity index (χ3n) is 3.30. The van der Waals surface area contributed by atoms with Crippen LogP contribution in [0.5, 0.6) is 0 Å². The number of nitrogens with zero attached hydrogens (tertiary/aromatic N) is 2. The van der Waals surface area contributed by atoms with Crippen molar-refractivity contribution in [2.24, 2.45) is 5.73 Å². The van der Waals surface area contributed by atoms with E-state index >= 15 is 0 Å². The van der Waals surface area contributed by atoms with E-state index in [0.29, 0.717) is 6.54 Å². The monoisotopic (exact) mass is 289 g/mol. The van der Waals surface area contributed by atoms with Gasteiger partial charge >= 0.3 is 0 Å². The van der Waals surface area contributed by atoms with Crippen LogP contribution in [0, 0.1) is 0 Å². The van der Waals surface area contributed by atoms with Gasteiger partial charge in [-0.15, -0.1) is 0 Å². The Balaban J connectivity index is 2.27. The molecule has 0 spiro atoms. The molecule has 0 atom stereocenters. The molecular weight excluding hydrogens is 270 g/mol. The second-order valence-electron chi connectivity index (χ2n) is 4.68. The fourth-order valence-electron chi connectivity index (χ4n) is 2.29. The molecule has 0 saturated carbocycles. The number of anilines is 1. The second-order valence-corrected chi connectivity index (χ2v) is 5.12. The van der Waals surface area contributed by atoms with Gasteiger partial charge in [-0.2, -0.15) is 0 Å². The van der Waals surface area contributed by atoms with E-state index in [9.17, 15) is 0 Å². The van der Waals surface area contributed by atoms with E-state index in [1.165, 1.54) is 16.8 Å². The first-order valence-electron chi connectivity index (χ1n) is 6.87. The van der Waals surface area contributed by atoms with Gasteiger partial charge in [0.05, 0.1) is 0 Å². The average Bonchev–Trinajstić information content (AvgIpc) is 2.47. The maximum atomic E-state index is 6.09. The highest BCUT2D eigenvalue weighted by Crippen LogP contribution is 2.26. The van der Waals surface area contributed by atoms with Crippen LogP contribution in [0.25, 0.3) is 0 Å². The van der Waals surface area contributed by atoms with E-state index < -0.39 is 0 Å². The van der Waals surface area contributed by atoms with Crippen molar-refractivity contribution in [2.75, 3.05) is 18.0 Å². The van der Waals surface area contributed by atoms with E-state index in [2.05, 4.69) is 22.9 Å². The first-order valence-corrected chi connectivity index (χ1v) is 7.24. The summed E-state index contributed by atoms with van der Waals surface area (Å²) in [5.74, 6) is 0. The van der Waals surface area contributed by atoms with Crippen LogP contribution in [-0.4, -0.2) is 18.1 Å². The maximum Gasteiger partial charge on any atom is 0.0430 e. The largest absolute Gasteiger partial charge is 0.367 e. The highest BCUT2D eigenvalue weighted by atomic mass is 35.5. The number of hydrogen-bond donors (Lipinski definition) is 1. The Kier molecular flexibility index (Phi) is 5.39. The second kappa shape index (κ2) is 7.27. The lowest BCUT2D eigenvalue weighted by molar-refractivity contribution is 0.817. The fraction of sp³-hybridized carbons (Fsp3) is 0.312. The minimum Gasteiger partial charge on any atom is -0.367 e. The van der Waals surface area contributed by atoms with Gasteiger partial charge in [-0.1, -0.05) is 11.6 Å². The Morgan fingerprint density at radius 1 is 1.20 bits per heavy atom. The molecule has 0 bridgehead atoms. The molecule has 2 rings (SSSR count). The molecule has 0 radical (unpaired) electrons.